The van der Waals surface area contributed by atoms with E-state index in [-0.39, 0.29) is 6.54 Å². The van der Waals surface area contributed by atoms with E-state index in [9.17, 15) is 18.0 Å². The summed E-state index contributed by atoms with van der Waals surface area (Å²) in [7, 11) is 1.54. The number of benzene rings is 1. The third-order valence-corrected chi connectivity index (χ3v) is 3.31. The Bertz CT molecular complexity index is 884. The third kappa shape index (κ3) is 3.03. The molecule has 0 radical (unpaired) electrons. The number of amides is 1. The van der Waals surface area contributed by atoms with E-state index in [0.717, 1.165) is 10.9 Å². The largest absolute Gasteiger partial charge is 0.496 e. The Morgan fingerprint density at radius 3 is 2.83 bits per heavy atom. The van der Waals surface area contributed by atoms with Crippen molar-refractivity contribution in [3.05, 3.63) is 36.3 Å². The first-order chi connectivity index (χ1) is 11.4. The van der Waals surface area contributed by atoms with Gasteiger partial charge in [0, 0.05) is 11.6 Å². The van der Waals surface area contributed by atoms with E-state index in [1.165, 1.54) is 0 Å². The number of hydrogen-bond donors (Lipinski definition) is 2. The molecule has 0 saturated carbocycles. The predicted molar refractivity (Wildman–Crippen MR) is 78.5 cm³/mol. The first kappa shape index (κ1) is 15.8. The molecule has 3 aromatic rings. The minimum Gasteiger partial charge on any atom is -0.496 e. The molecule has 2 heterocycles. The average Bonchev–Trinajstić information content (AvgIpc) is 3.14. The number of methoxy groups -OCH3 is 1. The topological polar surface area (TPSA) is 84.8 Å². The summed E-state index contributed by atoms with van der Waals surface area (Å²) < 4.78 is 44.2. The fourth-order valence-electron chi connectivity index (χ4n) is 2.27. The van der Waals surface area contributed by atoms with E-state index in [0.29, 0.717) is 5.75 Å². The van der Waals surface area contributed by atoms with Gasteiger partial charge in [-0.3, -0.25) is 15.2 Å². The number of nitrogens with zero attached hydrogens (tertiary/aromatic N) is 3. The number of halogens is 3. The molecule has 0 unspecified atom stereocenters. The quantitative estimate of drug-likeness (QED) is 0.764. The molecule has 2 N–H and O–H groups in total. The number of H-pyrrole nitrogens is 1. The van der Waals surface area contributed by atoms with E-state index in [4.69, 9.17) is 4.74 Å². The first-order valence-corrected chi connectivity index (χ1v) is 6.80. The van der Waals surface area contributed by atoms with Crippen molar-refractivity contribution in [2.75, 3.05) is 12.4 Å². The Kier molecular flexibility index (Phi) is 3.87. The highest BCUT2D eigenvalue weighted by Crippen LogP contribution is 2.27. The SMILES string of the molecule is COc1cccc2c1ccn2CC(=O)Nc1n[nH]c(C(F)(F)F)n1. The van der Waals surface area contributed by atoms with Gasteiger partial charge >= 0.3 is 6.18 Å². The highest BCUT2D eigenvalue weighted by Gasteiger charge is 2.35. The third-order valence-electron chi connectivity index (χ3n) is 3.31. The van der Waals surface area contributed by atoms with Crippen molar-refractivity contribution in [2.45, 2.75) is 12.7 Å². The second kappa shape index (κ2) is 5.87. The van der Waals surface area contributed by atoms with Gasteiger partial charge < -0.3 is 9.30 Å². The second-order valence-corrected chi connectivity index (χ2v) is 4.89. The van der Waals surface area contributed by atoms with Gasteiger partial charge in [0.25, 0.3) is 0 Å². The Morgan fingerprint density at radius 2 is 2.17 bits per heavy atom. The minimum atomic E-state index is -4.65. The van der Waals surface area contributed by atoms with Crippen LogP contribution in [0.5, 0.6) is 5.75 Å². The maximum atomic E-state index is 12.4. The zero-order valence-electron chi connectivity index (χ0n) is 12.4. The van der Waals surface area contributed by atoms with Crippen LogP contribution in [0.25, 0.3) is 10.9 Å². The van der Waals surface area contributed by atoms with Gasteiger partial charge in [-0.15, -0.1) is 5.10 Å². The van der Waals surface area contributed by atoms with E-state index in [1.807, 2.05) is 0 Å². The zero-order chi connectivity index (χ0) is 17.3. The lowest BCUT2D eigenvalue weighted by atomic mass is 10.2. The van der Waals surface area contributed by atoms with E-state index >= 15 is 0 Å². The molecule has 24 heavy (non-hydrogen) atoms. The van der Waals surface area contributed by atoms with Gasteiger partial charge in [-0.2, -0.15) is 18.2 Å². The number of fused-ring (bicyclic) bond motifs is 1. The summed E-state index contributed by atoms with van der Waals surface area (Å²) in [6.45, 7) is -0.105. The van der Waals surface area contributed by atoms with Crippen LogP contribution in [0.1, 0.15) is 5.82 Å². The molecule has 1 amide bonds. The molecule has 3 rings (SSSR count). The van der Waals surface area contributed by atoms with Crippen molar-refractivity contribution in [1.82, 2.24) is 19.7 Å². The number of carbonyl (C=O) groups is 1. The van der Waals surface area contributed by atoms with Gasteiger partial charge in [-0.05, 0) is 18.2 Å². The van der Waals surface area contributed by atoms with Crippen LogP contribution >= 0.6 is 0 Å². The molecule has 0 atom stereocenters. The Morgan fingerprint density at radius 1 is 1.38 bits per heavy atom. The molecule has 0 bridgehead atoms. The zero-order valence-corrected chi connectivity index (χ0v) is 12.4. The maximum absolute atomic E-state index is 12.4. The van der Waals surface area contributed by atoms with Crippen LogP contribution < -0.4 is 10.1 Å². The number of alkyl halides is 3. The van der Waals surface area contributed by atoms with E-state index < -0.39 is 23.9 Å². The highest BCUT2D eigenvalue weighted by atomic mass is 19.4. The van der Waals surface area contributed by atoms with E-state index in [1.54, 1.807) is 47.2 Å². The van der Waals surface area contributed by atoms with Crippen LogP contribution in [0.3, 0.4) is 0 Å². The number of anilines is 1. The van der Waals surface area contributed by atoms with Crippen LogP contribution in [0.4, 0.5) is 19.1 Å². The normalized spacial score (nSPS) is 11.7. The Labute approximate surface area is 133 Å². The maximum Gasteiger partial charge on any atom is 0.451 e. The van der Waals surface area contributed by atoms with Crippen molar-refractivity contribution in [3.63, 3.8) is 0 Å². The molecular formula is C14H12F3N5O2. The van der Waals surface area contributed by atoms with Gasteiger partial charge in [0.2, 0.25) is 17.7 Å². The number of ether oxygens (including phenoxy) is 1. The summed E-state index contributed by atoms with van der Waals surface area (Å²) in [5.41, 5.74) is 0.760. The summed E-state index contributed by atoms with van der Waals surface area (Å²) >= 11 is 0. The van der Waals surface area contributed by atoms with Crippen molar-refractivity contribution >= 4 is 22.8 Å². The lowest BCUT2D eigenvalue weighted by Crippen LogP contribution is -2.19. The van der Waals surface area contributed by atoms with Crippen LogP contribution in [0.2, 0.25) is 0 Å². The molecule has 7 nitrogen and oxygen atoms in total. The fraction of sp³-hybridized carbons (Fsp3) is 0.214. The average molecular weight is 339 g/mol. The standard InChI is InChI=1S/C14H12F3N5O2/c1-24-10-4-2-3-9-8(10)5-6-22(9)7-11(23)18-13-19-12(20-21-13)14(15,16)17/h2-6H,7H2,1H3,(H2,18,19,20,21,23). The van der Waals surface area contributed by atoms with Crippen molar-refractivity contribution in [1.29, 1.82) is 0 Å². The van der Waals surface area contributed by atoms with Crippen molar-refractivity contribution < 1.29 is 22.7 Å². The number of rotatable bonds is 4. The molecule has 126 valence electrons. The highest BCUT2D eigenvalue weighted by molar-refractivity contribution is 5.91. The summed E-state index contributed by atoms with van der Waals surface area (Å²) in [5.74, 6) is -1.59. The second-order valence-electron chi connectivity index (χ2n) is 4.89. The van der Waals surface area contributed by atoms with Gasteiger partial charge in [0.05, 0.1) is 12.6 Å². The number of nitrogens with one attached hydrogen (secondary N) is 2. The Hall–Kier alpha value is -3.04. The number of hydrogen-bond acceptors (Lipinski definition) is 4. The monoisotopic (exact) mass is 339 g/mol. The molecule has 0 aliphatic heterocycles. The molecule has 0 aliphatic carbocycles. The molecule has 10 heteroatoms. The molecule has 0 aliphatic rings. The lowest BCUT2D eigenvalue weighted by molar-refractivity contribution is -0.144. The predicted octanol–water partition coefficient (Wildman–Crippen LogP) is 2.43. The van der Waals surface area contributed by atoms with Crippen LogP contribution in [-0.4, -0.2) is 32.8 Å². The summed E-state index contributed by atoms with van der Waals surface area (Å²) in [4.78, 5) is 15.2. The van der Waals surface area contributed by atoms with E-state index in [2.05, 4.69) is 15.4 Å². The summed E-state index contributed by atoms with van der Waals surface area (Å²) in [5, 5.41) is 8.10. The van der Waals surface area contributed by atoms with Crippen LogP contribution in [0.15, 0.2) is 30.5 Å². The molecule has 0 saturated heterocycles. The molecule has 0 fully saturated rings. The summed E-state index contributed by atoms with van der Waals surface area (Å²) in [6, 6.07) is 7.16. The number of aromatic nitrogens is 4. The molecule has 1 aromatic carbocycles. The van der Waals surface area contributed by atoms with Crippen LogP contribution in [0, 0.1) is 0 Å². The number of carbonyl (C=O) groups excluding carboxylic acids is 1. The van der Waals surface area contributed by atoms with Crippen molar-refractivity contribution in [2.24, 2.45) is 0 Å². The van der Waals surface area contributed by atoms with Gasteiger partial charge in [0.1, 0.15) is 12.3 Å². The number of aromatic amines is 1. The molecule has 2 aromatic heterocycles. The minimum absolute atomic E-state index is 0.105. The summed E-state index contributed by atoms with van der Waals surface area (Å²) in [6.07, 6.45) is -2.96. The van der Waals surface area contributed by atoms with Gasteiger partial charge in [-0.25, -0.2) is 0 Å². The fourth-order valence-corrected chi connectivity index (χ4v) is 2.27. The van der Waals surface area contributed by atoms with Crippen molar-refractivity contribution in [3.8, 4) is 5.75 Å². The molecule has 0 spiro atoms. The van der Waals surface area contributed by atoms with Gasteiger partial charge in [0.15, 0.2) is 0 Å². The Balaban J connectivity index is 1.75. The smallest absolute Gasteiger partial charge is 0.451 e. The van der Waals surface area contributed by atoms with Gasteiger partial charge in [-0.1, -0.05) is 6.07 Å². The van der Waals surface area contributed by atoms with Crippen LogP contribution in [-0.2, 0) is 17.5 Å². The molecular weight excluding hydrogens is 327 g/mol. The first-order valence-electron chi connectivity index (χ1n) is 6.80. The lowest BCUT2D eigenvalue weighted by Gasteiger charge is -2.06.